The van der Waals surface area contributed by atoms with E-state index >= 15 is 0 Å². The first-order chi connectivity index (χ1) is 12.5. The fraction of sp³-hybridized carbons (Fsp3) is 0.889. The minimum absolute atomic E-state index is 0.527. The highest BCUT2D eigenvalue weighted by Crippen LogP contribution is 2.13. The summed E-state index contributed by atoms with van der Waals surface area (Å²) in [6, 6.07) is 0. The van der Waals surface area contributed by atoms with Crippen LogP contribution in [0, 0.1) is 0 Å². The second-order valence-corrected chi connectivity index (χ2v) is 10.3. The van der Waals surface area contributed by atoms with E-state index in [4.69, 9.17) is 8.85 Å². The monoisotopic (exact) mass is 397 g/mol. The van der Waals surface area contributed by atoms with Crippen molar-refractivity contribution in [2.75, 3.05) is 79.7 Å². The van der Waals surface area contributed by atoms with Crippen LogP contribution in [0.3, 0.4) is 0 Å². The maximum absolute atomic E-state index is 5.87. The predicted molar refractivity (Wildman–Crippen MR) is 110 cm³/mol. The number of hydrogen-bond donors (Lipinski definition) is 0. The van der Waals surface area contributed by atoms with Gasteiger partial charge in [-0.3, -0.25) is 9.80 Å². The van der Waals surface area contributed by atoms with Gasteiger partial charge in [-0.05, 0) is 40.1 Å². The summed E-state index contributed by atoms with van der Waals surface area (Å²) in [4.78, 5) is 10.3. The molecular formula is C18H37N4O2Si2. The van der Waals surface area contributed by atoms with Crippen molar-refractivity contribution < 1.29 is 8.85 Å². The second-order valence-electron chi connectivity index (χ2n) is 7.20. The molecule has 2 heterocycles. The summed E-state index contributed by atoms with van der Waals surface area (Å²) in [6.45, 7) is 17.1. The van der Waals surface area contributed by atoms with E-state index in [0.717, 1.165) is 22.7 Å². The Bertz CT molecular complexity index is 397. The molecule has 0 aliphatic carbocycles. The number of nitrogens with zero attached hydrogens (tertiary/aromatic N) is 4. The van der Waals surface area contributed by atoms with Crippen LogP contribution in [0.1, 0.15) is 20.8 Å². The van der Waals surface area contributed by atoms with Gasteiger partial charge >= 0.3 is 9.28 Å². The number of piperazine rings is 2. The van der Waals surface area contributed by atoms with E-state index in [0.29, 0.717) is 5.79 Å². The molecule has 2 aliphatic heterocycles. The predicted octanol–water partition coefficient (Wildman–Crippen LogP) is 0.473. The maximum Gasteiger partial charge on any atom is 0.418 e. The fourth-order valence-electron chi connectivity index (χ4n) is 3.36. The molecule has 2 saturated heterocycles. The normalized spacial score (nSPS) is 22.7. The highest BCUT2D eigenvalue weighted by atomic mass is 28.3. The Morgan fingerprint density at radius 2 is 1.31 bits per heavy atom. The van der Waals surface area contributed by atoms with E-state index in [2.05, 4.69) is 60.2 Å². The fourth-order valence-corrected chi connectivity index (χ4v) is 6.49. The average molecular weight is 398 g/mol. The van der Waals surface area contributed by atoms with Gasteiger partial charge in [0.05, 0.1) is 5.79 Å². The van der Waals surface area contributed by atoms with Crippen LogP contribution in [0.2, 0.25) is 0 Å². The zero-order valence-electron chi connectivity index (χ0n) is 17.3. The van der Waals surface area contributed by atoms with Gasteiger partial charge in [-0.2, -0.15) is 0 Å². The first-order valence-corrected chi connectivity index (χ1v) is 12.4. The Morgan fingerprint density at radius 1 is 0.885 bits per heavy atom. The van der Waals surface area contributed by atoms with E-state index in [1.54, 1.807) is 0 Å². The lowest BCUT2D eigenvalue weighted by atomic mass is 10.3. The van der Waals surface area contributed by atoms with Crippen molar-refractivity contribution in [2.24, 2.45) is 0 Å². The molecule has 26 heavy (non-hydrogen) atoms. The Balaban J connectivity index is 2.03. The molecule has 0 N–H and O–H groups in total. The summed E-state index contributed by atoms with van der Waals surface area (Å²) in [6.07, 6.45) is 0. The van der Waals surface area contributed by atoms with Gasteiger partial charge in [0, 0.05) is 65.6 Å². The molecule has 0 aromatic rings. The SMILES string of the molecule is CCO[Si](OCC)C(C)=C[Si]C(N1CCN(C)CC1)N1CCN(C)CC1. The number of rotatable bonds is 9. The average Bonchev–Trinajstić information content (AvgIpc) is 2.64. The topological polar surface area (TPSA) is 31.4 Å². The van der Waals surface area contributed by atoms with E-state index in [9.17, 15) is 0 Å². The third-order valence-corrected chi connectivity index (χ3v) is 8.90. The van der Waals surface area contributed by atoms with Gasteiger partial charge < -0.3 is 18.7 Å². The molecular weight excluding hydrogens is 360 g/mol. The molecule has 0 bridgehead atoms. The first-order valence-electron chi connectivity index (χ1n) is 9.96. The van der Waals surface area contributed by atoms with Gasteiger partial charge in [0.2, 0.25) is 0 Å². The summed E-state index contributed by atoms with van der Waals surface area (Å²) < 4.78 is 11.7. The van der Waals surface area contributed by atoms with Crippen LogP contribution in [-0.4, -0.2) is 124 Å². The van der Waals surface area contributed by atoms with Gasteiger partial charge in [0.1, 0.15) is 9.52 Å². The highest BCUT2D eigenvalue weighted by molar-refractivity contribution is 6.57. The molecule has 2 fully saturated rings. The third kappa shape index (κ3) is 6.83. The van der Waals surface area contributed by atoms with Crippen molar-refractivity contribution in [3.05, 3.63) is 10.9 Å². The first kappa shape index (κ1) is 22.2. The zero-order chi connectivity index (χ0) is 18.9. The van der Waals surface area contributed by atoms with Gasteiger partial charge in [-0.15, -0.1) is 0 Å². The van der Waals surface area contributed by atoms with Crippen LogP contribution in [-0.2, 0) is 8.85 Å². The third-order valence-electron chi connectivity index (χ3n) is 5.09. The van der Waals surface area contributed by atoms with E-state index < -0.39 is 9.28 Å². The van der Waals surface area contributed by atoms with Crippen LogP contribution in [0.15, 0.2) is 10.9 Å². The van der Waals surface area contributed by atoms with Gasteiger partial charge in [-0.1, -0.05) is 5.70 Å². The summed E-state index contributed by atoms with van der Waals surface area (Å²) in [5.41, 5.74) is 2.42. The standard InChI is InChI=1S/C18H37N4O2Si2/c1-6-23-26(24-7-2)17(3)16-25-18(21-12-8-19(4)9-13-21)22-14-10-20(5)11-15-22/h16,18H,6-15H2,1-5H3. The van der Waals surface area contributed by atoms with E-state index in [1.807, 2.05) is 0 Å². The van der Waals surface area contributed by atoms with Crippen molar-refractivity contribution in [1.29, 1.82) is 0 Å². The second kappa shape index (κ2) is 11.7. The molecule has 8 heteroatoms. The molecule has 0 aromatic carbocycles. The summed E-state index contributed by atoms with van der Waals surface area (Å²) in [7, 11) is 3.95. The molecule has 149 valence electrons. The number of hydrogen-bond acceptors (Lipinski definition) is 6. The zero-order valence-corrected chi connectivity index (χ0v) is 19.3. The van der Waals surface area contributed by atoms with Crippen LogP contribution in [0.5, 0.6) is 0 Å². The van der Waals surface area contributed by atoms with Crippen molar-refractivity contribution >= 4 is 18.8 Å². The molecule has 0 atom stereocenters. The molecule has 0 aromatic heterocycles. The lowest BCUT2D eigenvalue weighted by Crippen LogP contribution is -2.61. The van der Waals surface area contributed by atoms with Gasteiger partial charge in [-0.25, -0.2) is 0 Å². The maximum atomic E-state index is 5.87. The summed E-state index contributed by atoms with van der Waals surface area (Å²) in [5, 5.41) is 1.31. The molecule has 0 spiro atoms. The Labute approximate surface area is 164 Å². The number of likely N-dealkylation sites (N-methyl/N-ethyl adjacent to an activating group) is 2. The minimum atomic E-state index is -1.28. The summed E-state index contributed by atoms with van der Waals surface area (Å²) >= 11 is 0. The lowest BCUT2D eigenvalue weighted by Gasteiger charge is -2.45. The van der Waals surface area contributed by atoms with Gasteiger partial charge in [0.25, 0.3) is 0 Å². The molecule has 0 amide bonds. The van der Waals surface area contributed by atoms with Crippen LogP contribution >= 0.6 is 0 Å². The van der Waals surface area contributed by atoms with Crippen molar-refractivity contribution in [2.45, 2.75) is 26.6 Å². The molecule has 6 nitrogen and oxygen atoms in total. The molecule has 0 saturated carbocycles. The Kier molecular flexibility index (Phi) is 10.0. The van der Waals surface area contributed by atoms with Crippen LogP contribution in [0.4, 0.5) is 0 Å². The molecule has 2 rings (SSSR count). The quantitative estimate of drug-likeness (QED) is 0.526. The minimum Gasteiger partial charge on any atom is -0.390 e. The van der Waals surface area contributed by atoms with Crippen molar-refractivity contribution in [3.8, 4) is 0 Å². The van der Waals surface area contributed by atoms with Gasteiger partial charge in [0.15, 0.2) is 0 Å². The Hall–Kier alpha value is -0.0662. The smallest absolute Gasteiger partial charge is 0.390 e. The van der Waals surface area contributed by atoms with Crippen LogP contribution in [0.25, 0.3) is 0 Å². The van der Waals surface area contributed by atoms with E-state index in [-0.39, 0.29) is 0 Å². The lowest BCUT2D eigenvalue weighted by molar-refractivity contribution is 0.0318. The number of allylic oxidation sites excluding steroid dienone is 1. The largest absolute Gasteiger partial charge is 0.418 e. The molecule has 3 radical (unpaired) electrons. The van der Waals surface area contributed by atoms with Crippen LogP contribution < -0.4 is 0 Å². The summed E-state index contributed by atoms with van der Waals surface area (Å²) in [5.74, 6) is 0.527. The molecule has 2 aliphatic rings. The highest BCUT2D eigenvalue weighted by Gasteiger charge is 2.29. The van der Waals surface area contributed by atoms with Crippen molar-refractivity contribution in [1.82, 2.24) is 19.6 Å². The molecule has 0 unspecified atom stereocenters. The Morgan fingerprint density at radius 3 is 1.69 bits per heavy atom. The van der Waals surface area contributed by atoms with E-state index in [1.165, 1.54) is 57.6 Å². The van der Waals surface area contributed by atoms with Crippen molar-refractivity contribution in [3.63, 3.8) is 0 Å².